The minimum atomic E-state index is -1.06. The third-order valence-corrected chi connectivity index (χ3v) is 3.15. The molecule has 0 radical (unpaired) electrons. The number of nitrogens with zero attached hydrogens (tertiary/aromatic N) is 1. The second-order valence-electron chi connectivity index (χ2n) is 4.86. The smallest absolute Gasteiger partial charge is 0.269 e. The fraction of sp³-hybridized carbons (Fsp3) is 0.286. The van der Waals surface area contributed by atoms with Crippen LogP contribution in [0.1, 0.15) is 19.4 Å². The lowest BCUT2D eigenvalue weighted by Gasteiger charge is -2.25. The molecule has 2 aromatic rings. The van der Waals surface area contributed by atoms with Gasteiger partial charge >= 0.3 is 0 Å². The summed E-state index contributed by atoms with van der Waals surface area (Å²) in [5.74, 6) is 0.602. The van der Waals surface area contributed by atoms with Crippen LogP contribution in [0.2, 0.25) is 5.02 Å². The van der Waals surface area contributed by atoms with Crippen molar-refractivity contribution >= 4 is 23.3 Å². The van der Waals surface area contributed by atoms with Gasteiger partial charge in [0.25, 0.3) is 5.91 Å². The number of amides is 1. The Morgan fingerprint density at radius 3 is 2.75 bits per heavy atom. The molecule has 0 aliphatic heterocycles. The SMILES string of the molecule is Cc1cc(OC(C)(C)C(=O)Nc2ccon2)ccc1Cl. The molecular formula is C14H15ClN2O3. The third-order valence-electron chi connectivity index (χ3n) is 2.73. The van der Waals surface area contributed by atoms with Crippen LogP contribution in [0.5, 0.6) is 5.75 Å². The highest BCUT2D eigenvalue weighted by molar-refractivity contribution is 6.31. The minimum Gasteiger partial charge on any atom is -0.478 e. The number of halogens is 1. The molecule has 0 saturated heterocycles. The largest absolute Gasteiger partial charge is 0.478 e. The zero-order valence-electron chi connectivity index (χ0n) is 11.4. The maximum atomic E-state index is 12.1. The van der Waals surface area contributed by atoms with Gasteiger partial charge in [-0.2, -0.15) is 0 Å². The van der Waals surface area contributed by atoms with E-state index in [9.17, 15) is 4.79 Å². The number of benzene rings is 1. The Labute approximate surface area is 121 Å². The van der Waals surface area contributed by atoms with Crippen molar-refractivity contribution in [1.82, 2.24) is 5.16 Å². The first-order valence-corrected chi connectivity index (χ1v) is 6.43. The maximum Gasteiger partial charge on any atom is 0.269 e. The van der Waals surface area contributed by atoms with Crippen LogP contribution in [0.15, 0.2) is 35.1 Å². The van der Waals surface area contributed by atoms with Crippen LogP contribution in [-0.2, 0) is 4.79 Å². The topological polar surface area (TPSA) is 64.4 Å². The number of nitrogens with one attached hydrogen (secondary N) is 1. The summed E-state index contributed by atoms with van der Waals surface area (Å²) in [7, 11) is 0. The Morgan fingerprint density at radius 2 is 2.15 bits per heavy atom. The summed E-state index contributed by atoms with van der Waals surface area (Å²) in [4.78, 5) is 12.1. The molecule has 1 aromatic heterocycles. The summed E-state index contributed by atoms with van der Waals surface area (Å²) in [6, 6.07) is 6.80. The van der Waals surface area contributed by atoms with Gasteiger partial charge in [-0.15, -0.1) is 0 Å². The standard InChI is InChI=1S/C14H15ClN2O3/c1-9-8-10(4-5-11(9)15)20-14(2,3)13(18)16-12-6-7-19-17-12/h4-8H,1-3H3,(H,16,17,18). The van der Waals surface area contributed by atoms with E-state index in [1.807, 2.05) is 6.92 Å². The summed E-state index contributed by atoms with van der Waals surface area (Å²) >= 11 is 5.96. The summed E-state index contributed by atoms with van der Waals surface area (Å²) in [6.07, 6.45) is 1.38. The van der Waals surface area contributed by atoms with Gasteiger partial charge in [-0.05, 0) is 44.5 Å². The molecule has 20 heavy (non-hydrogen) atoms. The van der Waals surface area contributed by atoms with Gasteiger partial charge in [0.15, 0.2) is 11.4 Å². The zero-order chi connectivity index (χ0) is 14.8. The van der Waals surface area contributed by atoms with Crippen LogP contribution < -0.4 is 10.1 Å². The number of aromatic nitrogens is 1. The van der Waals surface area contributed by atoms with E-state index in [4.69, 9.17) is 16.3 Å². The molecule has 1 N–H and O–H groups in total. The van der Waals surface area contributed by atoms with Gasteiger partial charge < -0.3 is 14.6 Å². The number of hydrogen-bond acceptors (Lipinski definition) is 4. The maximum absolute atomic E-state index is 12.1. The molecule has 6 heteroatoms. The highest BCUT2D eigenvalue weighted by Gasteiger charge is 2.30. The average molecular weight is 295 g/mol. The molecule has 0 aliphatic carbocycles. The first-order valence-electron chi connectivity index (χ1n) is 6.05. The van der Waals surface area contributed by atoms with E-state index in [0.717, 1.165) is 5.56 Å². The van der Waals surface area contributed by atoms with Crippen LogP contribution in [-0.4, -0.2) is 16.7 Å². The number of ether oxygens (including phenoxy) is 1. The number of hydrogen-bond donors (Lipinski definition) is 1. The summed E-state index contributed by atoms with van der Waals surface area (Å²) in [5.41, 5.74) is -0.170. The van der Waals surface area contributed by atoms with E-state index in [-0.39, 0.29) is 5.91 Å². The van der Waals surface area contributed by atoms with E-state index in [1.54, 1.807) is 38.1 Å². The van der Waals surface area contributed by atoms with Crippen LogP contribution in [0, 0.1) is 6.92 Å². The highest BCUT2D eigenvalue weighted by Crippen LogP contribution is 2.25. The molecule has 0 aliphatic rings. The van der Waals surface area contributed by atoms with Crippen molar-refractivity contribution in [3.63, 3.8) is 0 Å². The third kappa shape index (κ3) is 3.30. The quantitative estimate of drug-likeness (QED) is 0.938. The molecule has 0 unspecified atom stereocenters. The highest BCUT2D eigenvalue weighted by atomic mass is 35.5. The molecule has 106 valence electrons. The van der Waals surface area contributed by atoms with Crippen molar-refractivity contribution in [3.05, 3.63) is 41.1 Å². The zero-order valence-corrected chi connectivity index (χ0v) is 12.2. The Bertz CT molecular complexity index is 609. The Balaban J connectivity index is 2.09. The van der Waals surface area contributed by atoms with Crippen molar-refractivity contribution in [2.75, 3.05) is 5.32 Å². The van der Waals surface area contributed by atoms with Gasteiger partial charge in [0, 0.05) is 11.1 Å². The number of rotatable bonds is 4. The van der Waals surface area contributed by atoms with Gasteiger partial charge in [-0.25, -0.2) is 0 Å². The number of aryl methyl sites for hydroxylation is 1. The molecule has 0 fully saturated rings. The second kappa shape index (κ2) is 5.54. The summed E-state index contributed by atoms with van der Waals surface area (Å²) < 4.78 is 10.4. The molecule has 1 aromatic carbocycles. The fourth-order valence-electron chi connectivity index (χ4n) is 1.57. The minimum absolute atomic E-state index is 0.320. The predicted octanol–water partition coefficient (Wildman–Crippen LogP) is 3.43. The van der Waals surface area contributed by atoms with Gasteiger partial charge in [0.2, 0.25) is 0 Å². The van der Waals surface area contributed by atoms with E-state index in [0.29, 0.717) is 16.6 Å². The van der Waals surface area contributed by atoms with E-state index in [2.05, 4.69) is 15.0 Å². The van der Waals surface area contributed by atoms with Crippen molar-refractivity contribution < 1.29 is 14.1 Å². The van der Waals surface area contributed by atoms with E-state index < -0.39 is 5.60 Å². The predicted molar refractivity (Wildman–Crippen MR) is 76.0 cm³/mol. The normalized spacial score (nSPS) is 11.2. The number of carbonyl (C=O) groups excluding carboxylic acids is 1. The van der Waals surface area contributed by atoms with Gasteiger partial charge in [-0.3, -0.25) is 4.79 Å². The molecule has 0 atom stereocenters. The molecule has 1 amide bonds. The van der Waals surface area contributed by atoms with Crippen molar-refractivity contribution in [3.8, 4) is 5.75 Å². The number of carbonyl (C=O) groups is 1. The molecule has 0 spiro atoms. The first kappa shape index (κ1) is 14.4. The molecule has 2 rings (SSSR count). The van der Waals surface area contributed by atoms with Crippen LogP contribution >= 0.6 is 11.6 Å². The van der Waals surface area contributed by atoms with Gasteiger partial charge in [0.1, 0.15) is 12.0 Å². The average Bonchev–Trinajstić information content (AvgIpc) is 2.86. The molecule has 0 saturated carbocycles. The van der Waals surface area contributed by atoms with Gasteiger partial charge in [0.05, 0.1) is 0 Å². The van der Waals surface area contributed by atoms with Gasteiger partial charge in [-0.1, -0.05) is 16.8 Å². The Hall–Kier alpha value is -2.01. The van der Waals surface area contributed by atoms with E-state index in [1.165, 1.54) is 6.26 Å². The van der Waals surface area contributed by atoms with E-state index >= 15 is 0 Å². The second-order valence-corrected chi connectivity index (χ2v) is 5.27. The fourth-order valence-corrected chi connectivity index (χ4v) is 1.68. The molecular weight excluding hydrogens is 280 g/mol. The lowest BCUT2D eigenvalue weighted by Crippen LogP contribution is -2.42. The lowest BCUT2D eigenvalue weighted by molar-refractivity contribution is -0.128. The molecule has 1 heterocycles. The Morgan fingerprint density at radius 1 is 1.40 bits per heavy atom. The molecule has 5 nitrogen and oxygen atoms in total. The van der Waals surface area contributed by atoms with Crippen molar-refractivity contribution in [2.24, 2.45) is 0 Å². The summed E-state index contributed by atoms with van der Waals surface area (Å²) in [6.45, 7) is 5.22. The van der Waals surface area contributed by atoms with Crippen molar-refractivity contribution in [1.29, 1.82) is 0 Å². The monoisotopic (exact) mass is 294 g/mol. The summed E-state index contributed by atoms with van der Waals surface area (Å²) in [5, 5.41) is 6.89. The lowest BCUT2D eigenvalue weighted by atomic mass is 10.1. The Kier molecular flexibility index (Phi) is 3.99. The van der Waals surface area contributed by atoms with Crippen LogP contribution in [0.4, 0.5) is 5.82 Å². The van der Waals surface area contributed by atoms with Crippen molar-refractivity contribution in [2.45, 2.75) is 26.4 Å². The number of anilines is 1. The first-order chi connectivity index (χ1) is 9.38. The van der Waals surface area contributed by atoms with Crippen LogP contribution in [0.3, 0.4) is 0 Å². The van der Waals surface area contributed by atoms with Crippen LogP contribution in [0.25, 0.3) is 0 Å². The molecule has 0 bridgehead atoms.